The minimum absolute atomic E-state index is 0. The number of amides is 4. The number of hydrogen-bond acceptors (Lipinski definition) is 7. The smallest absolute Gasteiger partial charge is 0.247 e. The van der Waals surface area contributed by atoms with Gasteiger partial charge in [-0.15, -0.1) is 10.2 Å². The van der Waals surface area contributed by atoms with Crippen molar-refractivity contribution in [1.82, 2.24) is 41.1 Å². The van der Waals surface area contributed by atoms with E-state index in [1.54, 1.807) is 0 Å². The molecular weight excluding hydrogens is 677 g/mol. The van der Waals surface area contributed by atoms with Crippen LogP contribution in [0.15, 0.2) is 48.5 Å². The molecule has 3 atom stereocenters. The van der Waals surface area contributed by atoms with E-state index < -0.39 is 23.9 Å². The van der Waals surface area contributed by atoms with Gasteiger partial charge in [-0.05, 0) is 23.1 Å². The van der Waals surface area contributed by atoms with E-state index in [1.165, 1.54) is 4.90 Å². The number of quaternary nitrogens is 1. The van der Waals surface area contributed by atoms with Gasteiger partial charge in [0.15, 0.2) is 5.82 Å². The summed E-state index contributed by atoms with van der Waals surface area (Å²) in [6.07, 6.45) is 1.10. The first kappa shape index (κ1) is 34.6. The molecule has 1 aliphatic rings. The van der Waals surface area contributed by atoms with Gasteiger partial charge in [0.2, 0.25) is 23.6 Å². The SMILES string of the molecule is CCC(C)C(NC(=O)Cc1ccccc1)C(=O)NCC(=O)N1c2ccc([N+](C)(C)C)cc2C[C@H]1C(=O)NCc1nn[nH]n1.[I-]. The molecule has 14 heteroatoms. The molecule has 0 aliphatic carbocycles. The molecule has 13 nitrogen and oxygen atoms in total. The number of aromatic amines is 1. The van der Waals surface area contributed by atoms with Gasteiger partial charge in [0, 0.05) is 24.2 Å². The fraction of sp³-hybridized carbons (Fsp3) is 0.433. The van der Waals surface area contributed by atoms with Crippen molar-refractivity contribution in [3.8, 4) is 0 Å². The lowest BCUT2D eigenvalue weighted by Crippen LogP contribution is -3.00. The molecule has 0 fully saturated rings. The highest BCUT2D eigenvalue weighted by Gasteiger charge is 2.39. The highest BCUT2D eigenvalue weighted by molar-refractivity contribution is 6.05. The van der Waals surface area contributed by atoms with Gasteiger partial charge in [-0.25, -0.2) is 0 Å². The number of halogens is 1. The van der Waals surface area contributed by atoms with Crippen LogP contribution in [0.5, 0.6) is 0 Å². The van der Waals surface area contributed by atoms with Gasteiger partial charge < -0.3 is 39.9 Å². The predicted octanol–water partition coefficient (Wildman–Crippen LogP) is -2.14. The number of nitrogens with zero attached hydrogens (tertiary/aromatic N) is 5. The van der Waals surface area contributed by atoms with Gasteiger partial charge in [-0.3, -0.25) is 28.6 Å². The average molecular weight is 718 g/mol. The monoisotopic (exact) mass is 717 g/mol. The molecule has 4 N–H and O–H groups in total. The van der Waals surface area contributed by atoms with Gasteiger partial charge in [0.05, 0.1) is 40.7 Å². The zero-order valence-corrected chi connectivity index (χ0v) is 27.8. The maximum atomic E-state index is 13.7. The first-order valence-electron chi connectivity index (χ1n) is 14.4. The van der Waals surface area contributed by atoms with Gasteiger partial charge in [-0.1, -0.05) is 55.8 Å². The van der Waals surface area contributed by atoms with E-state index in [4.69, 9.17) is 0 Å². The lowest BCUT2D eigenvalue weighted by molar-refractivity contribution is -0.131. The van der Waals surface area contributed by atoms with Crippen LogP contribution in [0.3, 0.4) is 0 Å². The van der Waals surface area contributed by atoms with Crippen molar-refractivity contribution in [3.63, 3.8) is 0 Å². The third-order valence-electron chi connectivity index (χ3n) is 7.64. The molecule has 2 aromatic carbocycles. The second kappa shape index (κ2) is 15.2. The third kappa shape index (κ3) is 8.59. The largest absolute Gasteiger partial charge is 1.00 e. The van der Waals surface area contributed by atoms with Crippen molar-refractivity contribution in [2.75, 3.05) is 32.6 Å². The normalized spacial score (nSPS) is 15.4. The fourth-order valence-corrected chi connectivity index (χ4v) is 4.98. The summed E-state index contributed by atoms with van der Waals surface area (Å²) in [7, 11) is 6.11. The highest BCUT2D eigenvalue weighted by Crippen LogP contribution is 2.36. The van der Waals surface area contributed by atoms with Gasteiger partial charge in [0.25, 0.3) is 0 Å². The van der Waals surface area contributed by atoms with Crippen LogP contribution in [0.25, 0.3) is 0 Å². The Morgan fingerprint density at radius 1 is 1.07 bits per heavy atom. The minimum atomic E-state index is -0.829. The molecule has 1 aromatic heterocycles. The Morgan fingerprint density at radius 2 is 1.80 bits per heavy atom. The number of aromatic nitrogens is 4. The summed E-state index contributed by atoms with van der Waals surface area (Å²) < 4.78 is 0.568. The number of H-pyrrole nitrogens is 1. The Kier molecular flexibility index (Phi) is 11.9. The summed E-state index contributed by atoms with van der Waals surface area (Å²) in [6.45, 7) is 3.51. The second-order valence-corrected chi connectivity index (χ2v) is 11.7. The molecule has 236 valence electrons. The average Bonchev–Trinajstić information content (AvgIpc) is 3.64. The van der Waals surface area contributed by atoms with Gasteiger partial charge >= 0.3 is 0 Å². The lowest BCUT2D eigenvalue weighted by Gasteiger charge is -2.27. The molecule has 0 radical (unpaired) electrons. The standard InChI is InChI=1S/C30H39N9O4.HI/c1-6-19(2)28(33-26(40)14-20-10-8-7-9-11-20)30(43)32-18-27(41)38-23-13-12-22(39(3,4)5)15-21(23)16-24(38)29(42)31-17-25-34-36-37-35-25;/h7-13,15,19,24,28H,6,14,16-18H2,1-5H3,(H3-,31,32,33,34,35,36,37,40,42,43);1H/t19?,24-,28?;/m0./s1. The zero-order chi connectivity index (χ0) is 31.1. The van der Waals surface area contributed by atoms with Crippen molar-refractivity contribution in [2.24, 2.45) is 5.92 Å². The Morgan fingerprint density at radius 3 is 2.43 bits per heavy atom. The fourth-order valence-electron chi connectivity index (χ4n) is 4.98. The molecule has 4 rings (SSSR count). The van der Waals surface area contributed by atoms with Crippen LogP contribution in [-0.2, 0) is 38.6 Å². The molecule has 3 aromatic rings. The number of carbonyl (C=O) groups is 4. The van der Waals surface area contributed by atoms with Gasteiger partial charge in [-0.2, -0.15) is 5.21 Å². The van der Waals surface area contributed by atoms with Crippen LogP contribution in [0.1, 0.15) is 37.2 Å². The molecule has 4 amide bonds. The van der Waals surface area contributed by atoms with Crippen LogP contribution in [-0.4, -0.2) is 84.0 Å². The Balaban J connectivity index is 0.00000529. The molecule has 1 aliphatic heterocycles. The molecule has 2 heterocycles. The van der Waals surface area contributed by atoms with E-state index in [1.807, 2.05) is 83.5 Å². The van der Waals surface area contributed by atoms with Crippen LogP contribution in [0, 0.1) is 5.92 Å². The second-order valence-electron chi connectivity index (χ2n) is 11.7. The molecule has 0 saturated heterocycles. The molecule has 2 unspecified atom stereocenters. The van der Waals surface area contributed by atoms with E-state index in [2.05, 4.69) is 36.6 Å². The van der Waals surface area contributed by atoms with Crippen LogP contribution in [0.4, 0.5) is 11.4 Å². The summed E-state index contributed by atoms with van der Waals surface area (Å²) in [5.74, 6) is -1.41. The topological polar surface area (TPSA) is 162 Å². The van der Waals surface area contributed by atoms with E-state index in [9.17, 15) is 19.2 Å². The van der Waals surface area contributed by atoms with Crippen LogP contribution < -0.4 is 49.3 Å². The van der Waals surface area contributed by atoms with Crippen molar-refractivity contribution < 1.29 is 43.2 Å². The summed E-state index contributed by atoms with van der Waals surface area (Å²) in [5, 5.41) is 21.9. The van der Waals surface area contributed by atoms with E-state index in [0.29, 0.717) is 28.8 Å². The Hall–Kier alpha value is -3.92. The zero-order valence-electron chi connectivity index (χ0n) is 25.6. The van der Waals surface area contributed by atoms with Crippen molar-refractivity contribution in [2.45, 2.75) is 51.7 Å². The summed E-state index contributed by atoms with van der Waals surface area (Å²) in [4.78, 5) is 54.5. The summed E-state index contributed by atoms with van der Waals surface area (Å²) >= 11 is 0. The lowest BCUT2D eigenvalue weighted by atomic mass is 9.98. The highest BCUT2D eigenvalue weighted by atomic mass is 127. The van der Waals surface area contributed by atoms with Crippen LogP contribution >= 0.6 is 0 Å². The molecule has 0 saturated carbocycles. The third-order valence-corrected chi connectivity index (χ3v) is 7.64. The molecular formula is C30H40IN9O4. The summed E-state index contributed by atoms with van der Waals surface area (Å²) in [6, 6.07) is 13.4. The van der Waals surface area contributed by atoms with Crippen molar-refractivity contribution in [3.05, 3.63) is 65.5 Å². The number of rotatable bonds is 12. The number of benzene rings is 2. The maximum absolute atomic E-state index is 13.7. The van der Waals surface area contributed by atoms with Crippen molar-refractivity contribution in [1.29, 1.82) is 0 Å². The first-order chi connectivity index (χ1) is 20.5. The number of fused-ring (bicyclic) bond motifs is 1. The predicted molar refractivity (Wildman–Crippen MR) is 162 cm³/mol. The van der Waals surface area contributed by atoms with E-state index >= 15 is 0 Å². The molecule has 0 spiro atoms. The number of anilines is 1. The maximum Gasteiger partial charge on any atom is 0.247 e. The first-order valence-corrected chi connectivity index (χ1v) is 14.4. The van der Waals surface area contributed by atoms with E-state index in [0.717, 1.165) is 16.8 Å². The van der Waals surface area contributed by atoms with Crippen molar-refractivity contribution >= 4 is 35.0 Å². The van der Waals surface area contributed by atoms with Gasteiger partial charge in [0.1, 0.15) is 17.8 Å². The van der Waals surface area contributed by atoms with E-state index in [-0.39, 0.29) is 61.2 Å². The minimum Gasteiger partial charge on any atom is -1.00 e. The summed E-state index contributed by atoms with van der Waals surface area (Å²) in [5.41, 5.74) is 3.33. The number of hydrogen-bond donors (Lipinski definition) is 4. The number of nitrogens with one attached hydrogen (secondary N) is 4. The number of carbonyl (C=O) groups excluding carboxylic acids is 4. The number of tetrazole rings is 1. The molecule has 0 bridgehead atoms. The Labute approximate surface area is 274 Å². The Bertz CT molecular complexity index is 1440. The van der Waals surface area contributed by atoms with Crippen LogP contribution in [0.2, 0.25) is 0 Å². The quantitative estimate of drug-likeness (QED) is 0.123. The molecule has 44 heavy (non-hydrogen) atoms.